The quantitative estimate of drug-likeness (QED) is 0.500. The second kappa shape index (κ2) is 7.68. The number of aromatic nitrogens is 1. The van der Waals surface area contributed by atoms with Crippen LogP contribution >= 0.6 is 0 Å². The lowest BCUT2D eigenvalue weighted by Gasteiger charge is -2.14. The van der Waals surface area contributed by atoms with Crippen LogP contribution in [0.15, 0.2) is 79.1 Å². The molecule has 0 fully saturated rings. The van der Waals surface area contributed by atoms with E-state index < -0.39 is 0 Å². The molecule has 0 aliphatic rings. The Morgan fingerprint density at radius 2 is 1.56 bits per heavy atom. The smallest absolute Gasteiger partial charge is 0.127 e. The third kappa shape index (κ3) is 3.60. The summed E-state index contributed by atoms with van der Waals surface area (Å²) in [5.41, 5.74) is 5.53. The van der Waals surface area contributed by atoms with E-state index in [-0.39, 0.29) is 5.82 Å². The Bertz CT molecular complexity index is 1090. The maximum absolute atomic E-state index is 13.8. The SMILES string of the molecule is Cc1ccccc1-c1ccc(CNCc2ccccc2F)c2cnccc12. The minimum absolute atomic E-state index is 0.175. The van der Waals surface area contributed by atoms with Crippen LogP contribution < -0.4 is 5.32 Å². The van der Waals surface area contributed by atoms with E-state index in [0.29, 0.717) is 18.7 Å². The van der Waals surface area contributed by atoms with E-state index in [9.17, 15) is 4.39 Å². The number of nitrogens with zero attached hydrogens (tertiary/aromatic N) is 1. The molecule has 0 unspecified atom stereocenters. The van der Waals surface area contributed by atoms with Crippen LogP contribution in [0, 0.1) is 12.7 Å². The van der Waals surface area contributed by atoms with Gasteiger partial charge in [-0.25, -0.2) is 4.39 Å². The van der Waals surface area contributed by atoms with Crippen molar-refractivity contribution in [1.82, 2.24) is 10.3 Å². The average molecular weight is 356 g/mol. The third-order valence-electron chi connectivity index (χ3n) is 4.93. The molecule has 0 amide bonds. The first-order valence-electron chi connectivity index (χ1n) is 9.10. The van der Waals surface area contributed by atoms with Crippen molar-refractivity contribution in [2.75, 3.05) is 0 Å². The summed E-state index contributed by atoms with van der Waals surface area (Å²) in [6.07, 6.45) is 3.75. The molecule has 1 N–H and O–H groups in total. The standard InChI is InChI=1S/C24H21FN2/c1-17-6-2-4-8-20(17)21-11-10-18(23-16-26-13-12-22(21)23)14-27-15-19-7-3-5-9-24(19)25/h2-13,16,27H,14-15H2,1H3. The molecule has 0 saturated carbocycles. The minimum Gasteiger partial charge on any atom is -0.308 e. The number of pyridine rings is 1. The zero-order valence-corrected chi connectivity index (χ0v) is 15.2. The van der Waals surface area contributed by atoms with Gasteiger partial charge >= 0.3 is 0 Å². The lowest BCUT2D eigenvalue weighted by Crippen LogP contribution is -2.14. The van der Waals surface area contributed by atoms with Crippen molar-refractivity contribution in [3.63, 3.8) is 0 Å². The molecule has 0 aliphatic heterocycles. The van der Waals surface area contributed by atoms with Crippen LogP contribution in [0.1, 0.15) is 16.7 Å². The second-order valence-corrected chi connectivity index (χ2v) is 6.70. The normalized spacial score (nSPS) is 11.0. The van der Waals surface area contributed by atoms with E-state index in [2.05, 4.69) is 59.7 Å². The third-order valence-corrected chi connectivity index (χ3v) is 4.93. The van der Waals surface area contributed by atoms with Gasteiger partial charge in [0.25, 0.3) is 0 Å². The highest BCUT2D eigenvalue weighted by Gasteiger charge is 2.10. The number of halogens is 1. The van der Waals surface area contributed by atoms with Gasteiger partial charge in [-0.1, -0.05) is 54.6 Å². The number of aryl methyl sites for hydroxylation is 1. The summed E-state index contributed by atoms with van der Waals surface area (Å²) >= 11 is 0. The molecule has 1 heterocycles. The molecule has 0 spiro atoms. The molecule has 134 valence electrons. The number of hydrogen-bond acceptors (Lipinski definition) is 2. The topological polar surface area (TPSA) is 24.9 Å². The molecule has 2 nitrogen and oxygen atoms in total. The molecule has 0 bridgehead atoms. The molecule has 0 atom stereocenters. The summed E-state index contributed by atoms with van der Waals surface area (Å²) in [5, 5.41) is 5.66. The highest BCUT2D eigenvalue weighted by Crippen LogP contribution is 2.32. The molecule has 0 radical (unpaired) electrons. The predicted octanol–water partition coefficient (Wildman–Crippen LogP) is 5.64. The fourth-order valence-electron chi connectivity index (χ4n) is 3.49. The zero-order chi connectivity index (χ0) is 18.6. The van der Waals surface area contributed by atoms with Crippen molar-refractivity contribution in [2.24, 2.45) is 0 Å². The number of rotatable bonds is 5. The summed E-state index contributed by atoms with van der Waals surface area (Å²) in [5.74, 6) is -0.175. The van der Waals surface area contributed by atoms with Gasteiger partial charge in [0.15, 0.2) is 0 Å². The van der Waals surface area contributed by atoms with Crippen LogP contribution in [0.2, 0.25) is 0 Å². The first kappa shape index (κ1) is 17.4. The van der Waals surface area contributed by atoms with Gasteiger partial charge in [-0.3, -0.25) is 4.98 Å². The van der Waals surface area contributed by atoms with Crippen LogP contribution in [-0.2, 0) is 13.1 Å². The van der Waals surface area contributed by atoms with Crippen molar-refractivity contribution >= 4 is 10.8 Å². The van der Waals surface area contributed by atoms with E-state index in [1.54, 1.807) is 6.07 Å². The van der Waals surface area contributed by atoms with E-state index in [1.165, 1.54) is 28.1 Å². The number of nitrogens with one attached hydrogen (secondary N) is 1. The van der Waals surface area contributed by atoms with E-state index >= 15 is 0 Å². The number of hydrogen-bond donors (Lipinski definition) is 1. The first-order valence-corrected chi connectivity index (χ1v) is 9.10. The maximum atomic E-state index is 13.8. The molecule has 27 heavy (non-hydrogen) atoms. The molecular formula is C24H21FN2. The highest BCUT2D eigenvalue weighted by molar-refractivity contribution is 5.98. The molecule has 1 aromatic heterocycles. The Morgan fingerprint density at radius 1 is 0.778 bits per heavy atom. The van der Waals surface area contributed by atoms with Gasteiger partial charge in [-0.15, -0.1) is 0 Å². The van der Waals surface area contributed by atoms with Crippen molar-refractivity contribution in [1.29, 1.82) is 0 Å². The largest absolute Gasteiger partial charge is 0.308 e. The van der Waals surface area contributed by atoms with Crippen LogP contribution in [0.25, 0.3) is 21.9 Å². The van der Waals surface area contributed by atoms with Crippen LogP contribution in [0.4, 0.5) is 4.39 Å². The zero-order valence-electron chi connectivity index (χ0n) is 15.2. The molecule has 3 aromatic carbocycles. The van der Waals surface area contributed by atoms with Crippen molar-refractivity contribution in [3.05, 3.63) is 102 Å². The molecule has 4 aromatic rings. The summed E-state index contributed by atoms with van der Waals surface area (Å²) in [6.45, 7) is 3.28. The Hall–Kier alpha value is -3.04. The predicted molar refractivity (Wildman–Crippen MR) is 109 cm³/mol. The maximum Gasteiger partial charge on any atom is 0.127 e. The summed E-state index contributed by atoms with van der Waals surface area (Å²) in [6, 6.07) is 21.7. The Labute approximate surface area is 158 Å². The Kier molecular flexibility index (Phi) is 4.95. The van der Waals surface area contributed by atoms with Crippen molar-refractivity contribution in [3.8, 4) is 11.1 Å². The fourth-order valence-corrected chi connectivity index (χ4v) is 3.49. The van der Waals surface area contributed by atoms with Crippen molar-refractivity contribution in [2.45, 2.75) is 20.0 Å². The number of benzene rings is 3. The summed E-state index contributed by atoms with van der Waals surface area (Å²) < 4.78 is 13.8. The van der Waals surface area contributed by atoms with E-state index in [4.69, 9.17) is 0 Å². The van der Waals surface area contributed by atoms with Crippen LogP contribution in [0.3, 0.4) is 0 Å². The average Bonchev–Trinajstić information content (AvgIpc) is 2.70. The summed E-state index contributed by atoms with van der Waals surface area (Å²) in [4.78, 5) is 4.32. The molecule has 0 aliphatic carbocycles. The molecule has 4 rings (SSSR count). The van der Waals surface area contributed by atoms with Gasteiger partial charge in [-0.2, -0.15) is 0 Å². The first-order chi connectivity index (χ1) is 13.2. The monoisotopic (exact) mass is 356 g/mol. The van der Waals surface area contributed by atoms with Gasteiger partial charge in [0.1, 0.15) is 5.82 Å². The Morgan fingerprint density at radius 3 is 2.41 bits per heavy atom. The van der Waals surface area contributed by atoms with Gasteiger partial charge in [0.05, 0.1) is 0 Å². The van der Waals surface area contributed by atoms with Crippen LogP contribution in [0.5, 0.6) is 0 Å². The second-order valence-electron chi connectivity index (χ2n) is 6.70. The van der Waals surface area contributed by atoms with Gasteiger partial charge in [-0.05, 0) is 46.7 Å². The van der Waals surface area contributed by atoms with Crippen LogP contribution in [-0.4, -0.2) is 4.98 Å². The van der Waals surface area contributed by atoms with Gasteiger partial charge in [0, 0.05) is 36.4 Å². The van der Waals surface area contributed by atoms with E-state index in [0.717, 1.165) is 10.9 Å². The Balaban J connectivity index is 1.64. The molecule has 0 saturated heterocycles. The molecular weight excluding hydrogens is 335 g/mol. The number of fused-ring (bicyclic) bond motifs is 1. The lowest BCUT2D eigenvalue weighted by molar-refractivity contribution is 0.588. The van der Waals surface area contributed by atoms with Gasteiger partial charge < -0.3 is 5.32 Å². The fraction of sp³-hybridized carbons (Fsp3) is 0.125. The highest BCUT2D eigenvalue weighted by atomic mass is 19.1. The van der Waals surface area contributed by atoms with Gasteiger partial charge in [0.2, 0.25) is 0 Å². The lowest BCUT2D eigenvalue weighted by atomic mass is 9.94. The van der Waals surface area contributed by atoms with Crippen molar-refractivity contribution < 1.29 is 4.39 Å². The summed E-state index contributed by atoms with van der Waals surface area (Å²) in [7, 11) is 0. The molecule has 3 heteroatoms. The minimum atomic E-state index is -0.175. The van der Waals surface area contributed by atoms with E-state index in [1.807, 2.05) is 24.5 Å².